The normalized spacial score (nSPS) is 25.4. The number of nitrogens with zero attached hydrogens (tertiary/aromatic N) is 1. The Hall–Kier alpha value is -3.15. The fourth-order valence-corrected chi connectivity index (χ4v) is 4.23. The minimum atomic E-state index is -0.731. The summed E-state index contributed by atoms with van der Waals surface area (Å²) in [6.45, 7) is 0. The molecule has 27 heavy (non-hydrogen) atoms. The molecule has 0 radical (unpaired) electrons. The van der Waals surface area contributed by atoms with Crippen LogP contribution in [0.2, 0.25) is 0 Å². The van der Waals surface area contributed by atoms with E-state index >= 15 is 0 Å². The van der Waals surface area contributed by atoms with Crippen molar-refractivity contribution >= 4 is 11.7 Å². The molecule has 2 atom stereocenters. The Morgan fingerprint density at radius 1 is 1.04 bits per heavy atom. The maximum Gasteiger partial charge on any atom is 0.339 e. The first kappa shape index (κ1) is 17.3. The molecule has 2 bridgehead atoms. The van der Waals surface area contributed by atoms with Crippen LogP contribution in [0.25, 0.3) is 0 Å². The van der Waals surface area contributed by atoms with E-state index in [4.69, 9.17) is 9.47 Å². The lowest BCUT2D eigenvalue weighted by Gasteiger charge is -2.35. The van der Waals surface area contributed by atoms with Crippen molar-refractivity contribution in [3.05, 3.63) is 81.9 Å². The van der Waals surface area contributed by atoms with Crippen molar-refractivity contribution in [2.75, 3.05) is 7.11 Å². The molecule has 2 aromatic carbocycles. The van der Waals surface area contributed by atoms with E-state index in [2.05, 4.69) is 12.2 Å². The average Bonchev–Trinajstić information content (AvgIpc) is 3.23. The van der Waals surface area contributed by atoms with Crippen LogP contribution in [0.4, 0.5) is 5.69 Å². The van der Waals surface area contributed by atoms with E-state index in [1.54, 1.807) is 7.11 Å². The standard InChI is InChI=1S/C21H19NO5/c1-26-19-12-8-17(9-13-19)21(15-4-5-16(21)7-6-15)27-20(23)14-2-10-18(11-3-14)22(24)25/h2-5,8-13,15-16H,6-7H2,1H3. The van der Waals surface area contributed by atoms with Gasteiger partial charge < -0.3 is 9.47 Å². The van der Waals surface area contributed by atoms with Gasteiger partial charge in [0, 0.05) is 24.0 Å². The number of rotatable bonds is 5. The van der Waals surface area contributed by atoms with Gasteiger partial charge in [-0.25, -0.2) is 4.79 Å². The molecule has 6 heteroatoms. The summed E-state index contributed by atoms with van der Waals surface area (Å²) in [6.07, 6.45) is 6.17. The molecule has 0 amide bonds. The Kier molecular flexibility index (Phi) is 4.18. The van der Waals surface area contributed by atoms with Crippen molar-refractivity contribution in [3.8, 4) is 5.75 Å². The van der Waals surface area contributed by atoms with Gasteiger partial charge in [0.05, 0.1) is 17.6 Å². The number of esters is 1. The minimum Gasteiger partial charge on any atom is -0.497 e. The van der Waals surface area contributed by atoms with Gasteiger partial charge >= 0.3 is 5.97 Å². The first-order chi connectivity index (χ1) is 13.0. The smallest absolute Gasteiger partial charge is 0.339 e. The van der Waals surface area contributed by atoms with Crippen molar-refractivity contribution in [3.63, 3.8) is 0 Å². The van der Waals surface area contributed by atoms with Crippen LogP contribution in [0, 0.1) is 22.0 Å². The molecule has 2 aliphatic carbocycles. The molecular weight excluding hydrogens is 346 g/mol. The maximum absolute atomic E-state index is 12.9. The number of hydrogen-bond donors (Lipinski definition) is 0. The van der Waals surface area contributed by atoms with Crippen molar-refractivity contribution in [2.24, 2.45) is 11.8 Å². The second-order valence-corrected chi connectivity index (χ2v) is 6.89. The van der Waals surface area contributed by atoms with Gasteiger partial charge in [0.25, 0.3) is 5.69 Å². The molecule has 0 spiro atoms. The monoisotopic (exact) mass is 365 g/mol. The summed E-state index contributed by atoms with van der Waals surface area (Å²) < 4.78 is 11.4. The number of carbonyl (C=O) groups excluding carboxylic acids is 1. The summed E-state index contributed by atoms with van der Waals surface area (Å²) in [5.74, 6) is 0.519. The second kappa shape index (κ2) is 6.54. The summed E-state index contributed by atoms with van der Waals surface area (Å²) in [6, 6.07) is 13.1. The molecule has 1 saturated carbocycles. The molecule has 4 rings (SSSR count). The summed E-state index contributed by atoms with van der Waals surface area (Å²) in [5.41, 5.74) is 0.459. The van der Waals surface area contributed by atoms with Gasteiger partial charge in [-0.15, -0.1) is 0 Å². The lowest BCUT2D eigenvalue weighted by molar-refractivity contribution is -0.384. The fourth-order valence-electron chi connectivity index (χ4n) is 4.23. The van der Waals surface area contributed by atoms with E-state index in [1.807, 2.05) is 24.3 Å². The van der Waals surface area contributed by atoms with Crippen LogP contribution in [0.1, 0.15) is 28.8 Å². The molecule has 0 N–H and O–H groups in total. The number of nitro groups is 1. The molecule has 0 aliphatic heterocycles. The molecular formula is C21H19NO5. The largest absolute Gasteiger partial charge is 0.497 e. The van der Waals surface area contributed by atoms with Crippen LogP contribution in [-0.2, 0) is 10.3 Å². The average molecular weight is 365 g/mol. The Labute approximate surface area is 156 Å². The highest BCUT2D eigenvalue weighted by molar-refractivity contribution is 5.90. The maximum atomic E-state index is 12.9. The van der Waals surface area contributed by atoms with E-state index in [9.17, 15) is 14.9 Å². The Morgan fingerprint density at radius 2 is 1.63 bits per heavy atom. The number of carbonyl (C=O) groups is 1. The molecule has 6 nitrogen and oxygen atoms in total. The zero-order valence-electron chi connectivity index (χ0n) is 14.8. The summed E-state index contributed by atoms with van der Waals surface area (Å²) in [7, 11) is 1.61. The first-order valence-electron chi connectivity index (χ1n) is 8.85. The highest BCUT2D eigenvalue weighted by atomic mass is 16.6. The zero-order chi connectivity index (χ0) is 19.0. The lowest BCUT2D eigenvalue weighted by atomic mass is 9.82. The van der Waals surface area contributed by atoms with Crippen LogP contribution in [-0.4, -0.2) is 18.0 Å². The molecule has 2 unspecified atom stereocenters. The van der Waals surface area contributed by atoms with Gasteiger partial charge in [-0.1, -0.05) is 24.3 Å². The number of methoxy groups -OCH3 is 1. The molecule has 2 aliphatic rings. The van der Waals surface area contributed by atoms with E-state index < -0.39 is 16.5 Å². The quantitative estimate of drug-likeness (QED) is 0.342. The van der Waals surface area contributed by atoms with Crippen LogP contribution in [0.3, 0.4) is 0 Å². The van der Waals surface area contributed by atoms with Crippen molar-refractivity contribution in [1.29, 1.82) is 0 Å². The number of ether oxygens (including phenoxy) is 2. The van der Waals surface area contributed by atoms with Crippen molar-refractivity contribution in [1.82, 2.24) is 0 Å². The van der Waals surface area contributed by atoms with Crippen molar-refractivity contribution < 1.29 is 19.2 Å². The molecule has 1 fully saturated rings. The van der Waals surface area contributed by atoms with Crippen LogP contribution < -0.4 is 4.74 Å². The molecule has 0 saturated heterocycles. The van der Waals surface area contributed by atoms with Gasteiger partial charge in [0.15, 0.2) is 0 Å². The van der Waals surface area contributed by atoms with Gasteiger partial charge in [-0.3, -0.25) is 10.1 Å². The Bertz CT molecular complexity index is 887. The van der Waals surface area contributed by atoms with E-state index in [0.717, 1.165) is 24.2 Å². The minimum absolute atomic E-state index is 0.0565. The predicted molar refractivity (Wildman–Crippen MR) is 98.5 cm³/mol. The third-order valence-electron chi connectivity index (χ3n) is 5.58. The SMILES string of the molecule is COc1ccc(C2(OC(=O)c3ccc([N+](=O)[O-])cc3)C3C=CC2CC3)cc1. The molecule has 138 valence electrons. The van der Waals surface area contributed by atoms with Gasteiger partial charge in [-0.05, 0) is 42.7 Å². The van der Waals surface area contributed by atoms with E-state index in [0.29, 0.717) is 5.56 Å². The third kappa shape index (κ3) is 2.77. The fraction of sp³-hybridized carbons (Fsp3) is 0.286. The van der Waals surface area contributed by atoms with E-state index in [1.165, 1.54) is 24.3 Å². The zero-order valence-corrected chi connectivity index (χ0v) is 14.8. The third-order valence-corrected chi connectivity index (χ3v) is 5.58. The highest BCUT2D eigenvalue weighted by Crippen LogP contribution is 2.56. The van der Waals surface area contributed by atoms with Crippen molar-refractivity contribution in [2.45, 2.75) is 18.4 Å². The van der Waals surface area contributed by atoms with E-state index in [-0.39, 0.29) is 17.5 Å². The topological polar surface area (TPSA) is 78.7 Å². The number of fused-ring (bicyclic) bond motifs is 2. The second-order valence-electron chi connectivity index (χ2n) is 6.89. The Morgan fingerprint density at radius 3 is 2.11 bits per heavy atom. The lowest BCUT2D eigenvalue weighted by Crippen LogP contribution is -2.38. The van der Waals surface area contributed by atoms with Crippen LogP contribution in [0.15, 0.2) is 60.7 Å². The van der Waals surface area contributed by atoms with Crippen LogP contribution in [0.5, 0.6) is 5.75 Å². The summed E-state index contributed by atoms with van der Waals surface area (Å²) in [5, 5.41) is 10.8. The number of non-ortho nitro benzene ring substituents is 1. The summed E-state index contributed by atoms with van der Waals surface area (Å²) in [4.78, 5) is 23.2. The summed E-state index contributed by atoms with van der Waals surface area (Å²) >= 11 is 0. The molecule has 2 aromatic rings. The van der Waals surface area contributed by atoms with Gasteiger partial charge in [0.1, 0.15) is 11.4 Å². The van der Waals surface area contributed by atoms with Gasteiger partial charge in [-0.2, -0.15) is 0 Å². The highest BCUT2D eigenvalue weighted by Gasteiger charge is 2.55. The molecule has 0 heterocycles. The predicted octanol–water partition coefficient (Wildman–Crippen LogP) is 4.25. The first-order valence-corrected chi connectivity index (χ1v) is 8.85. The number of nitro benzene ring substituents is 1. The number of hydrogen-bond acceptors (Lipinski definition) is 5. The van der Waals surface area contributed by atoms with Crippen LogP contribution >= 0.6 is 0 Å². The molecule has 0 aromatic heterocycles. The Balaban J connectivity index is 1.66. The number of benzene rings is 2. The van der Waals surface area contributed by atoms with Gasteiger partial charge in [0.2, 0.25) is 0 Å².